The summed E-state index contributed by atoms with van der Waals surface area (Å²) < 4.78 is 18.3. The van der Waals surface area contributed by atoms with Gasteiger partial charge in [0.2, 0.25) is 0 Å². The van der Waals surface area contributed by atoms with Crippen molar-refractivity contribution in [3.8, 4) is 0 Å². The topological polar surface area (TPSA) is 68.3 Å². The average Bonchev–Trinajstić information content (AvgIpc) is 2.49. The van der Waals surface area contributed by atoms with E-state index in [-0.39, 0.29) is 21.4 Å². The lowest BCUT2D eigenvalue weighted by molar-refractivity contribution is -0.123. The molecule has 25 heavy (non-hydrogen) atoms. The zero-order chi connectivity index (χ0) is 18.7. The van der Waals surface area contributed by atoms with Crippen LogP contribution in [0, 0.1) is 19.7 Å². The molecule has 1 aromatic carbocycles. The van der Waals surface area contributed by atoms with Gasteiger partial charge in [-0.05, 0) is 50.6 Å². The number of aryl methyl sites for hydroxylation is 2. The van der Waals surface area contributed by atoms with E-state index in [1.54, 1.807) is 19.9 Å². The molecule has 1 atom stereocenters. The first-order valence-corrected chi connectivity index (χ1v) is 8.05. The fourth-order valence-electron chi connectivity index (χ4n) is 2.13. The SMILES string of the molecule is Cc1cc(C)c(C(=O)O[C@@H](C)C(=O)Nc2ccc(F)c(Cl)c2)c(Cl)n1. The van der Waals surface area contributed by atoms with Crippen LogP contribution in [0.5, 0.6) is 0 Å². The van der Waals surface area contributed by atoms with Gasteiger partial charge in [-0.25, -0.2) is 14.2 Å². The van der Waals surface area contributed by atoms with Crippen LogP contribution in [-0.4, -0.2) is 23.0 Å². The Labute approximate surface area is 154 Å². The van der Waals surface area contributed by atoms with Gasteiger partial charge in [-0.1, -0.05) is 23.2 Å². The summed E-state index contributed by atoms with van der Waals surface area (Å²) in [6, 6.07) is 5.41. The second-order valence-corrected chi connectivity index (χ2v) is 6.18. The van der Waals surface area contributed by atoms with E-state index in [4.69, 9.17) is 27.9 Å². The number of benzene rings is 1. The van der Waals surface area contributed by atoms with Gasteiger partial charge in [-0.3, -0.25) is 4.79 Å². The number of halogens is 3. The van der Waals surface area contributed by atoms with Gasteiger partial charge in [0.25, 0.3) is 5.91 Å². The molecule has 8 heteroatoms. The Hall–Kier alpha value is -2.18. The predicted octanol–water partition coefficient (Wildman–Crippen LogP) is 4.33. The van der Waals surface area contributed by atoms with Crippen LogP contribution >= 0.6 is 23.2 Å². The molecule has 0 saturated heterocycles. The van der Waals surface area contributed by atoms with Crippen LogP contribution in [0.3, 0.4) is 0 Å². The molecule has 0 spiro atoms. The number of pyridine rings is 1. The number of nitrogens with one attached hydrogen (secondary N) is 1. The number of rotatable bonds is 4. The van der Waals surface area contributed by atoms with Gasteiger partial charge in [-0.15, -0.1) is 0 Å². The molecule has 132 valence electrons. The molecule has 0 bridgehead atoms. The highest BCUT2D eigenvalue weighted by atomic mass is 35.5. The first-order chi connectivity index (χ1) is 11.7. The number of aromatic nitrogens is 1. The van der Waals surface area contributed by atoms with Gasteiger partial charge in [0, 0.05) is 11.4 Å². The lowest BCUT2D eigenvalue weighted by Crippen LogP contribution is -2.30. The van der Waals surface area contributed by atoms with Crippen molar-refractivity contribution in [3.63, 3.8) is 0 Å². The quantitative estimate of drug-likeness (QED) is 0.629. The number of amides is 1. The Balaban J connectivity index is 2.08. The number of hydrogen-bond acceptors (Lipinski definition) is 4. The van der Waals surface area contributed by atoms with E-state index in [1.807, 2.05) is 0 Å². The molecule has 0 aliphatic carbocycles. The summed E-state index contributed by atoms with van der Waals surface area (Å²) in [6.45, 7) is 4.85. The number of nitrogens with zero attached hydrogens (tertiary/aromatic N) is 1. The minimum Gasteiger partial charge on any atom is -0.449 e. The Morgan fingerprint density at radius 1 is 1.24 bits per heavy atom. The number of hydrogen-bond donors (Lipinski definition) is 1. The highest BCUT2D eigenvalue weighted by molar-refractivity contribution is 6.32. The van der Waals surface area contributed by atoms with Crippen LogP contribution in [0.2, 0.25) is 10.2 Å². The summed E-state index contributed by atoms with van der Waals surface area (Å²) in [5, 5.41) is 2.37. The molecule has 0 aliphatic heterocycles. The van der Waals surface area contributed by atoms with Gasteiger partial charge in [0.15, 0.2) is 6.10 Å². The fraction of sp³-hybridized carbons (Fsp3) is 0.235. The number of ether oxygens (including phenoxy) is 1. The van der Waals surface area contributed by atoms with Crippen molar-refractivity contribution >= 4 is 40.8 Å². The van der Waals surface area contributed by atoms with E-state index in [0.717, 1.165) is 6.07 Å². The van der Waals surface area contributed by atoms with Gasteiger partial charge >= 0.3 is 5.97 Å². The monoisotopic (exact) mass is 384 g/mol. The third-order valence-corrected chi connectivity index (χ3v) is 3.91. The van der Waals surface area contributed by atoms with Gasteiger partial charge in [-0.2, -0.15) is 0 Å². The first-order valence-electron chi connectivity index (χ1n) is 7.29. The Morgan fingerprint density at radius 3 is 2.52 bits per heavy atom. The summed E-state index contributed by atoms with van der Waals surface area (Å²) in [6.07, 6.45) is -1.10. The highest BCUT2D eigenvalue weighted by Gasteiger charge is 2.23. The number of anilines is 1. The van der Waals surface area contributed by atoms with Crippen molar-refractivity contribution < 1.29 is 18.7 Å². The van der Waals surface area contributed by atoms with E-state index in [1.165, 1.54) is 19.1 Å². The number of carbonyl (C=O) groups is 2. The first kappa shape index (κ1) is 19.1. The molecule has 1 aromatic heterocycles. The maximum atomic E-state index is 13.1. The lowest BCUT2D eigenvalue weighted by atomic mass is 10.1. The van der Waals surface area contributed by atoms with Crippen molar-refractivity contribution in [1.29, 1.82) is 0 Å². The van der Waals surface area contributed by atoms with E-state index in [9.17, 15) is 14.0 Å². The molecule has 0 saturated carbocycles. The summed E-state index contributed by atoms with van der Waals surface area (Å²) >= 11 is 11.6. The summed E-state index contributed by atoms with van der Waals surface area (Å²) in [4.78, 5) is 28.4. The second kappa shape index (κ2) is 7.80. The summed E-state index contributed by atoms with van der Waals surface area (Å²) in [5.41, 5.74) is 1.65. The highest BCUT2D eigenvalue weighted by Crippen LogP contribution is 2.22. The zero-order valence-corrected chi connectivity index (χ0v) is 15.2. The second-order valence-electron chi connectivity index (χ2n) is 5.41. The molecular weight excluding hydrogens is 370 g/mol. The predicted molar refractivity (Wildman–Crippen MR) is 93.6 cm³/mol. The Morgan fingerprint density at radius 2 is 1.92 bits per heavy atom. The van der Waals surface area contributed by atoms with E-state index in [0.29, 0.717) is 11.3 Å². The minimum absolute atomic E-state index is 0.0143. The third-order valence-electron chi connectivity index (χ3n) is 3.34. The molecule has 2 rings (SSSR count). The minimum atomic E-state index is -1.10. The van der Waals surface area contributed by atoms with E-state index in [2.05, 4.69) is 10.3 Å². The van der Waals surface area contributed by atoms with Crippen LogP contribution in [0.25, 0.3) is 0 Å². The molecule has 0 aliphatic rings. The molecule has 1 heterocycles. The zero-order valence-electron chi connectivity index (χ0n) is 13.7. The average molecular weight is 385 g/mol. The maximum Gasteiger partial charge on any atom is 0.342 e. The summed E-state index contributed by atoms with van der Waals surface area (Å²) in [7, 11) is 0. The lowest BCUT2D eigenvalue weighted by Gasteiger charge is -2.15. The van der Waals surface area contributed by atoms with Crippen LogP contribution in [0.15, 0.2) is 24.3 Å². The van der Waals surface area contributed by atoms with Crippen LogP contribution < -0.4 is 5.32 Å². The molecule has 1 N–H and O–H groups in total. The molecule has 0 radical (unpaired) electrons. The molecule has 0 fully saturated rings. The van der Waals surface area contributed by atoms with E-state index >= 15 is 0 Å². The van der Waals surface area contributed by atoms with Crippen molar-refractivity contribution in [3.05, 3.63) is 57.1 Å². The van der Waals surface area contributed by atoms with E-state index < -0.39 is 23.8 Å². The number of carbonyl (C=O) groups excluding carboxylic acids is 2. The molecular formula is C17H15Cl2FN2O3. The largest absolute Gasteiger partial charge is 0.449 e. The van der Waals surface area contributed by atoms with Gasteiger partial charge < -0.3 is 10.1 Å². The van der Waals surface area contributed by atoms with Gasteiger partial charge in [0.1, 0.15) is 11.0 Å². The van der Waals surface area contributed by atoms with Crippen molar-refractivity contribution in [2.75, 3.05) is 5.32 Å². The van der Waals surface area contributed by atoms with Crippen LogP contribution in [0.1, 0.15) is 28.5 Å². The normalized spacial score (nSPS) is 11.8. The molecule has 5 nitrogen and oxygen atoms in total. The molecule has 2 aromatic rings. The Bertz CT molecular complexity index is 820. The van der Waals surface area contributed by atoms with Crippen molar-refractivity contribution in [1.82, 2.24) is 4.98 Å². The Kier molecular flexibility index (Phi) is 5.98. The maximum absolute atomic E-state index is 13.1. The van der Waals surface area contributed by atoms with Crippen molar-refractivity contribution in [2.45, 2.75) is 26.9 Å². The molecule has 1 amide bonds. The van der Waals surface area contributed by atoms with Gasteiger partial charge in [0.05, 0.1) is 10.6 Å². The summed E-state index contributed by atoms with van der Waals surface area (Å²) in [5.74, 6) is -1.95. The number of esters is 1. The molecule has 0 unspecified atom stereocenters. The van der Waals surface area contributed by atoms with Crippen molar-refractivity contribution in [2.24, 2.45) is 0 Å². The van der Waals surface area contributed by atoms with Crippen LogP contribution in [0.4, 0.5) is 10.1 Å². The third kappa shape index (κ3) is 4.67. The standard InChI is InChI=1S/C17H15Cl2FN2O3/c1-8-6-9(2)21-15(19)14(8)17(24)25-10(3)16(23)22-11-4-5-13(20)12(18)7-11/h4-7,10H,1-3H3,(H,22,23)/t10-/m0/s1. The smallest absolute Gasteiger partial charge is 0.342 e. The van der Waals surface area contributed by atoms with Crippen LogP contribution in [-0.2, 0) is 9.53 Å². The fourth-order valence-corrected chi connectivity index (χ4v) is 2.67.